The second kappa shape index (κ2) is 6.23. The van der Waals surface area contributed by atoms with E-state index in [0.29, 0.717) is 16.3 Å². The first kappa shape index (κ1) is 15.3. The average Bonchev–Trinajstić information content (AvgIpc) is 2.54. The van der Waals surface area contributed by atoms with E-state index >= 15 is 0 Å². The highest BCUT2D eigenvalue weighted by Crippen LogP contribution is 2.23. The van der Waals surface area contributed by atoms with E-state index in [2.05, 4.69) is 15.3 Å². The van der Waals surface area contributed by atoms with Gasteiger partial charge in [0.1, 0.15) is 11.9 Å². The smallest absolute Gasteiger partial charge is 0.270 e. The summed E-state index contributed by atoms with van der Waals surface area (Å²) < 4.78 is 0. The largest absolute Gasteiger partial charge is 0.298 e. The summed E-state index contributed by atoms with van der Waals surface area (Å²) in [6.07, 6.45) is 5.78. The van der Waals surface area contributed by atoms with Crippen molar-refractivity contribution in [3.05, 3.63) is 59.1 Å². The number of nitrogens with zero attached hydrogens (tertiary/aromatic N) is 3. The highest BCUT2D eigenvalue weighted by Gasteiger charge is 2.34. The summed E-state index contributed by atoms with van der Waals surface area (Å²) in [5, 5.41) is 3.05. The van der Waals surface area contributed by atoms with Crippen molar-refractivity contribution < 1.29 is 9.59 Å². The second-order valence-electron chi connectivity index (χ2n) is 4.61. The van der Waals surface area contributed by atoms with Crippen molar-refractivity contribution in [1.82, 2.24) is 15.3 Å². The third-order valence-corrected chi connectivity index (χ3v) is 3.61. The van der Waals surface area contributed by atoms with Gasteiger partial charge in [-0.05, 0) is 42.6 Å². The summed E-state index contributed by atoms with van der Waals surface area (Å²) in [5.41, 5.74) is 0.998. The first-order chi connectivity index (χ1) is 11.1. The molecule has 2 amide bonds. The van der Waals surface area contributed by atoms with Crippen LogP contribution in [0.4, 0.5) is 5.69 Å². The maximum absolute atomic E-state index is 12.7. The zero-order valence-electron chi connectivity index (χ0n) is 11.6. The van der Waals surface area contributed by atoms with Crippen molar-refractivity contribution >= 4 is 52.5 Å². The number of hydrogen-bond donors (Lipinski definition) is 1. The van der Waals surface area contributed by atoms with Crippen LogP contribution < -0.4 is 10.2 Å². The number of benzene rings is 1. The van der Waals surface area contributed by atoms with Gasteiger partial charge in [-0.1, -0.05) is 11.6 Å². The second-order valence-corrected chi connectivity index (χ2v) is 5.43. The fourth-order valence-electron chi connectivity index (χ4n) is 2.03. The summed E-state index contributed by atoms with van der Waals surface area (Å²) in [4.78, 5) is 33.7. The molecule has 1 aliphatic rings. The quantitative estimate of drug-likeness (QED) is 0.512. The maximum Gasteiger partial charge on any atom is 0.270 e. The molecule has 2 heterocycles. The molecule has 0 unspecified atom stereocenters. The van der Waals surface area contributed by atoms with E-state index in [1.165, 1.54) is 29.7 Å². The van der Waals surface area contributed by atoms with Gasteiger partial charge in [-0.2, -0.15) is 0 Å². The molecule has 1 aromatic heterocycles. The number of anilines is 1. The Morgan fingerprint density at radius 2 is 1.78 bits per heavy atom. The standard InChI is InChI=1S/C15H9ClN4O2S/c16-10-1-3-11(4-2-10)20-14(22)12(13(21)19-15(20)23)5-9-6-17-8-18-7-9/h1-8H,(H,19,21,23)/b12-5-. The highest BCUT2D eigenvalue weighted by molar-refractivity contribution is 7.80. The van der Waals surface area contributed by atoms with Crippen LogP contribution in [0.1, 0.15) is 5.56 Å². The SMILES string of the molecule is O=C1NC(=S)N(c2ccc(Cl)cc2)C(=O)/C1=C\c1cncnc1. The Morgan fingerprint density at radius 3 is 2.43 bits per heavy atom. The van der Waals surface area contributed by atoms with Crippen LogP contribution in [0.25, 0.3) is 6.08 Å². The molecule has 1 aromatic carbocycles. The summed E-state index contributed by atoms with van der Waals surface area (Å²) in [6.45, 7) is 0. The molecular weight excluding hydrogens is 336 g/mol. The molecule has 1 aliphatic heterocycles. The van der Waals surface area contributed by atoms with Gasteiger partial charge in [0.05, 0.1) is 5.69 Å². The van der Waals surface area contributed by atoms with Crippen LogP contribution >= 0.6 is 23.8 Å². The van der Waals surface area contributed by atoms with Gasteiger partial charge in [-0.15, -0.1) is 0 Å². The average molecular weight is 345 g/mol. The minimum Gasteiger partial charge on any atom is -0.298 e. The van der Waals surface area contributed by atoms with Crippen molar-refractivity contribution in [3.8, 4) is 0 Å². The Bertz CT molecular complexity index is 821. The van der Waals surface area contributed by atoms with Crippen molar-refractivity contribution in [1.29, 1.82) is 0 Å². The summed E-state index contributed by atoms with van der Waals surface area (Å²) in [6, 6.07) is 6.57. The van der Waals surface area contributed by atoms with Crippen LogP contribution in [0, 0.1) is 0 Å². The molecule has 6 nitrogen and oxygen atoms in total. The van der Waals surface area contributed by atoms with Gasteiger partial charge < -0.3 is 0 Å². The topological polar surface area (TPSA) is 75.2 Å². The molecule has 0 spiro atoms. The third-order valence-electron chi connectivity index (χ3n) is 3.08. The van der Waals surface area contributed by atoms with Crippen molar-refractivity contribution in [3.63, 3.8) is 0 Å². The lowest BCUT2D eigenvalue weighted by molar-refractivity contribution is -0.122. The molecule has 23 heavy (non-hydrogen) atoms. The van der Waals surface area contributed by atoms with E-state index in [0.717, 1.165) is 0 Å². The van der Waals surface area contributed by atoms with E-state index < -0.39 is 11.8 Å². The Hall–Kier alpha value is -2.64. The van der Waals surface area contributed by atoms with Crippen LogP contribution in [-0.2, 0) is 9.59 Å². The van der Waals surface area contributed by atoms with E-state index in [-0.39, 0.29) is 10.7 Å². The molecular formula is C15H9ClN4O2S. The molecule has 2 aromatic rings. The van der Waals surface area contributed by atoms with Crippen molar-refractivity contribution in [2.45, 2.75) is 0 Å². The fraction of sp³-hybridized carbons (Fsp3) is 0. The Kier molecular flexibility index (Phi) is 4.14. The Morgan fingerprint density at radius 1 is 1.13 bits per heavy atom. The van der Waals surface area contributed by atoms with Crippen molar-refractivity contribution in [2.24, 2.45) is 0 Å². The molecule has 0 saturated carbocycles. The maximum atomic E-state index is 12.7. The summed E-state index contributed by atoms with van der Waals surface area (Å²) >= 11 is 11.0. The Labute approximate surface area is 141 Å². The third kappa shape index (κ3) is 3.10. The van der Waals surface area contributed by atoms with Crippen LogP contribution in [0.2, 0.25) is 5.02 Å². The number of rotatable bonds is 2. The number of carbonyl (C=O) groups excluding carboxylic acids is 2. The number of aromatic nitrogens is 2. The molecule has 1 N–H and O–H groups in total. The van der Waals surface area contributed by atoms with E-state index in [4.69, 9.17) is 23.8 Å². The molecule has 3 rings (SSSR count). The lowest BCUT2D eigenvalue weighted by Gasteiger charge is -2.28. The lowest BCUT2D eigenvalue weighted by Crippen LogP contribution is -2.54. The van der Waals surface area contributed by atoms with Crippen LogP contribution in [0.3, 0.4) is 0 Å². The predicted octanol–water partition coefficient (Wildman–Crippen LogP) is 1.96. The normalized spacial score (nSPS) is 16.7. The summed E-state index contributed by atoms with van der Waals surface area (Å²) in [7, 11) is 0. The van der Waals surface area contributed by atoms with Gasteiger partial charge in [-0.3, -0.25) is 19.8 Å². The minimum absolute atomic E-state index is 0.0174. The van der Waals surface area contributed by atoms with Gasteiger partial charge in [0.2, 0.25) is 0 Å². The first-order valence-electron chi connectivity index (χ1n) is 6.48. The van der Waals surface area contributed by atoms with Crippen LogP contribution in [-0.4, -0.2) is 26.9 Å². The van der Waals surface area contributed by atoms with E-state index in [9.17, 15) is 9.59 Å². The molecule has 1 fully saturated rings. The highest BCUT2D eigenvalue weighted by atomic mass is 35.5. The molecule has 8 heteroatoms. The number of nitrogens with one attached hydrogen (secondary N) is 1. The van der Waals surface area contributed by atoms with Gasteiger partial charge >= 0.3 is 0 Å². The molecule has 0 atom stereocenters. The van der Waals surface area contributed by atoms with Gasteiger partial charge in [0, 0.05) is 23.0 Å². The number of halogens is 1. The minimum atomic E-state index is -0.561. The number of hydrogen-bond acceptors (Lipinski definition) is 5. The van der Waals surface area contributed by atoms with Gasteiger partial charge in [0.25, 0.3) is 11.8 Å². The van der Waals surface area contributed by atoms with E-state index in [1.807, 2.05) is 0 Å². The van der Waals surface area contributed by atoms with Crippen LogP contribution in [0.5, 0.6) is 0 Å². The Balaban J connectivity index is 2.01. The molecule has 0 bridgehead atoms. The summed E-state index contributed by atoms with van der Waals surface area (Å²) in [5.74, 6) is -1.08. The van der Waals surface area contributed by atoms with Gasteiger partial charge in [-0.25, -0.2) is 9.97 Å². The van der Waals surface area contributed by atoms with Gasteiger partial charge in [0.15, 0.2) is 5.11 Å². The number of amides is 2. The first-order valence-corrected chi connectivity index (χ1v) is 7.27. The zero-order valence-corrected chi connectivity index (χ0v) is 13.1. The predicted molar refractivity (Wildman–Crippen MR) is 89.7 cm³/mol. The molecule has 1 saturated heterocycles. The number of thiocarbonyl (C=S) groups is 1. The van der Waals surface area contributed by atoms with Crippen LogP contribution in [0.15, 0.2) is 48.6 Å². The molecule has 0 aliphatic carbocycles. The number of carbonyl (C=O) groups is 2. The van der Waals surface area contributed by atoms with Crippen molar-refractivity contribution in [2.75, 3.05) is 4.90 Å². The fourth-order valence-corrected chi connectivity index (χ4v) is 2.44. The molecule has 0 radical (unpaired) electrons. The van der Waals surface area contributed by atoms with E-state index in [1.54, 1.807) is 24.3 Å². The lowest BCUT2D eigenvalue weighted by atomic mass is 10.1. The zero-order chi connectivity index (χ0) is 16.4. The monoisotopic (exact) mass is 344 g/mol. The molecule has 114 valence electrons.